The molecular weight excluding hydrogens is 246 g/mol. The minimum Gasteiger partial charge on any atom is -0.481 e. The number of H-pyrrole nitrogens is 1. The number of likely N-dealkylation sites (tertiary alicyclic amines) is 1. The van der Waals surface area contributed by atoms with Crippen molar-refractivity contribution in [1.29, 1.82) is 0 Å². The van der Waals surface area contributed by atoms with Crippen LogP contribution in [0.5, 0.6) is 0 Å². The Bertz CT molecular complexity index is 430. The standard InChI is InChI=1S/C13H19N3O3/c17-12(4-1-5-13(18)19)16-8-2-3-10(9-16)11-6-7-14-15-11/h6-7,10H,1-5,8-9H2,(H,14,15)(H,18,19). The predicted octanol–water partition coefficient (Wildman–Crippen LogP) is 1.37. The zero-order chi connectivity index (χ0) is 13.7. The summed E-state index contributed by atoms with van der Waals surface area (Å²) >= 11 is 0. The molecule has 1 fully saturated rings. The molecule has 1 aliphatic rings. The average molecular weight is 265 g/mol. The van der Waals surface area contributed by atoms with Crippen LogP contribution in [0.25, 0.3) is 0 Å². The molecule has 19 heavy (non-hydrogen) atoms. The summed E-state index contributed by atoms with van der Waals surface area (Å²) in [4.78, 5) is 24.3. The van der Waals surface area contributed by atoms with Gasteiger partial charge in [-0.05, 0) is 25.3 Å². The van der Waals surface area contributed by atoms with E-state index in [0.29, 0.717) is 25.3 Å². The second kappa shape index (κ2) is 6.36. The fraction of sp³-hybridized carbons (Fsp3) is 0.615. The van der Waals surface area contributed by atoms with Gasteiger partial charge in [0, 0.05) is 43.7 Å². The summed E-state index contributed by atoms with van der Waals surface area (Å²) in [7, 11) is 0. The van der Waals surface area contributed by atoms with Gasteiger partial charge in [-0.3, -0.25) is 14.7 Å². The molecule has 6 nitrogen and oxygen atoms in total. The van der Waals surface area contributed by atoms with Crippen LogP contribution in [0.1, 0.15) is 43.7 Å². The molecule has 1 aromatic rings. The molecule has 0 aromatic carbocycles. The molecule has 104 valence electrons. The number of nitrogens with zero attached hydrogens (tertiary/aromatic N) is 2. The molecular formula is C13H19N3O3. The minimum absolute atomic E-state index is 0.0591. The first-order valence-corrected chi connectivity index (χ1v) is 6.65. The van der Waals surface area contributed by atoms with Gasteiger partial charge in [0.2, 0.25) is 5.91 Å². The number of rotatable bonds is 5. The molecule has 1 unspecified atom stereocenters. The molecule has 1 atom stereocenters. The van der Waals surface area contributed by atoms with Gasteiger partial charge in [-0.1, -0.05) is 0 Å². The average Bonchev–Trinajstić information content (AvgIpc) is 2.92. The number of carbonyl (C=O) groups excluding carboxylic acids is 1. The van der Waals surface area contributed by atoms with E-state index in [4.69, 9.17) is 5.11 Å². The number of carbonyl (C=O) groups is 2. The first-order valence-electron chi connectivity index (χ1n) is 6.65. The number of hydrogen-bond acceptors (Lipinski definition) is 3. The van der Waals surface area contributed by atoms with Crippen LogP contribution in [-0.2, 0) is 9.59 Å². The number of hydrogen-bond donors (Lipinski definition) is 2. The van der Waals surface area contributed by atoms with Crippen molar-refractivity contribution in [3.05, 3.63) is 18.0 Å². The second-order valence-corrected chi connectivity index (χ2v) is 4.94. The lowest BCUT2D eigenvalue weighted by Crippen LogP contribution is -2.39. The van der Waals surface area contributed by atoms with E-state index in [9.17, 15) is 9.59 Å². The summed E-state index contributed by atoms with van der Waals surface area (Å²) in [6, 6.07) is 1.95. The first kappa shape index (κ1) is 13.6. The van der Waals surface area contributed by atoms with E-state index in [0.717, 1.165) is 25.1 Å². The van der Waals surface area contributed by atoms with Crippen molar-refractivity contribution >= 4 is 11.9 Å². The van der Waals surface area contributed by atoms with Crippen molar-refractivity contribution < 1.29 is 14.7 Å². The summed E-state index contributed by atoms with van der Waals surface area (Å²) in [5.74, 6) is -0.466. The monoisotopic (exact) mass is 265 g/mol. The van der Waals surface area contributed by atoms with Gasteiger partial charge in [-0.2, -0.15) is 5.10 Å². The Morgan fingerprint density at radius 3 is 3.00 bits per heavy atom. The van der Waals surface area contributed by atoms with E-state index in [1.807, 2.05) is 11.0 Å². The molecule has 0 saturated carbocycles. The van der Waals surface area contributed by atoms with Gasteiger partial charge in [-0.25, -0.2) is 0 Å². The Morgan fingerprint density at radius 1 is 1.47 bits per heavy atom. The quantitative estimate of drug-likeness (QED) is 0.842. The Labute approximate surface area is 111 Å². The summed E-state index contributed by atoms with van der Waals surface area (Å²) in [5, 5.41) is 15.5. The molecule has 2 N–H and O–H groups in total. The maximum absolute atomic E-state index is 12.0. The van der Waals surface area contributed by atoms with Crippen molar-refractivity contribution in [2.24, 2.45) is 0 Å². The Balaban J connectivity index is 1.83. The van der Waals surface area contributed by atoms with Crippen molar-refractivity contribution in [1.82, 2.24) is 15.1 Å². The highest BCUT2D eigenvalue weighted by molar-refractivity contribution is 5.77. The molecule has 0 spiro atoms. The van der Waals surface area contributed by atoms with Gasteiger partial charge in [0.15, 0.2) is 0 Å². The van der Waals surface area contributed by atoms with E-state index >= 15 is 0 Å². The molecule has 1 saturated heterocycles. The molecule has 1 amide bonds. The van der Waals surface area contributed by atoms with Crippen LogP contribution >= 0.6 is 0 Å². The van der Waals surface area contributed by atoms with Gasteiger partial charge in [-0.15, -0.1) is 0 Å². The van der Waals surface area contributed by atoms with Crippen LogP contribution in [-0.4, -0.2) is 45.2 Å². The van der Waals surface area contributed by atoms with Gasteiger partial charge in [0.25, 0.3) is 0 Å². The first-order chi connectivity index (χ1) is 9.16. The van der Waals surface area contributed by atoms with Gasteiger partial charge < -0.3 is 10.0 Å². The smallest absolute Gasteiger partial charge is 0.303 e. The highest BCUT2D eigenvalue weighted by atomic mass is 16.4. The van der Waals surface area contributed by atoms with Crippen LogP contribution in [0.2, 0.25) is 0 Å². The predicted molar refractivity (Wildman–Crippen MR) is 68.6 cm³/mol. The van der Waals surface area contributed by atoms with Crippen LogP contribution in [0.4, 0.5) is 0 Å². The highest BCUT2D eigenvalue weighted by Crippen LogP contribution is 2.25. The van der Waals surface area contributed by atoms with E-state index in [1.54, 1.807) is 6.20 Å². The van der Waals surface area contributed by atoms with Crippen LogP contribution in [0.3, 0.4) is 0 Å². The fourth-order valence-electron chi connectivity index (χ4n) is 2.50. The lowest BCUT2D eigenvalue weighted by Gasteiger charge is -2.32. The third-order valence-corrected chi connectivity index (χ3v) is 3.52. The van der Waals surface area contributed by atoms with E-state index in [-0.39, 0.29) is 12.3 Å². The third-order valence-electron chi connectivity index (χ3n) is 3.52. The molecule has 6 heteroatoms. The lowest BCUT2D eigenvalue weighted by atomic mass is 9.94. The lowest BCUT2D eigenvalue weighted by molar-refractivity contribution is -0.137. The van der Waals surface area contributed by atoms with Crippen LogP contribution in [0.15, 0.2) is 12.3 Å². The van der Waals surface area contributed by atoms with Crippen molar-refractivity contribution in [3.63, 3.8) is 0 Å². The number of amides is 1. The van der Waals surface area contributed by atoms with E-state index in [2.05, 4.69) is 10.2 Å². The summed E-state index contributed by atoms with van der Waals surface area (Å²) in [6.07, 6.45) is 4.56. The molecule has 2 rings (SSSR count). The molecule has 2 heterocycles. The van der Waals surface area contributed by atoms with Crippen molar-refractivity contribution in [2.45, 2.75) is 38.0 Å². The van der Waals surface area contributed by atoms with Gasteiger partial charge in [0.05, 0.1) is 0 Å². The number of carboxylic acid groups (broad SMARTS) is 1. The molecule has 0 aliphatic carbocycles. The van der Waals surface area contributed by atoms with Crippen LogP contribution < -0.4 is 0 Å². The molecule has 1 aromatic heterocycles. The number of aliphatic carboxylic acids is 1. The van der Waals surface area contributed by atoms with Gasteiger partial charge >= 0.3 is 5.97 Å². The maximum atomic E-state index is 12.0. The topological polar surface area (TPSA) is 86.3 Å². The number of aromatic amines is 1. The Morgan fingerprint density at radius 2 is 2.32 bits per heavy atom. The summed E-state index contributed by atoms with van der Waals surface area (Å²) < 4.78 is 0. The maximum Gasteiger partial charge on any atom is 0.303 e. The van der Waals surface area contributed by atoms with E-state index < -0.39 is 5.97 Å². The zero-order valence-electron chi connectivity index (χ0n) is 10.8. The van der Waals surface area contributed by atoms with Crippen molar-refractivity contribution in [2.75, 3.05) is 13.1 Å². The summed E-state index contributed by atoms with van der Waals surface area (Å²) in [6.45, 7) is 1.48. The fourth-order valence-corrected chi connectivity index (χ4v) is 2.50. The Hall–Kier alpha value is -1.85. The van der Waals surface area contributed by atoms with Crippen LogP contribution in [0, 0.1) is 0 Å². The number of aromatic nitrogens is 2. The highest BCUT2D eigenvalue weighted by Gasteiger charge is 2.25. The Kier molecular flexibility index (Phi) is 4.54. The SMILES string of the molecule is O=C(O)CCCC(=O)N1CCCC(c2ccn[nH]2)C1. The summed E-state index contributed by atoms with van der Waals surface area (Å²) in [5.41, 5.74) is 1.07. The minimum atomic E-state index is -0.846. The molecule has 0 bridgehead atoms. The zero-order valence-corrected chi connectivity index (χ0v) is 10.8. The largest absolute Gasteiger partial charge is 0.481 e. The number of nitrogens with one attached hydrogen (secondary N) is 1. The van der Waals surface area contributed by atoms with Crippen molar-refractivity contribution in [3.8, 4) is 0 Å². The van der Waals surface area contributed by atoms with Gasteiger partial charge in [0.1, 0.15) is 0 Å². The normalized spacial score (nSPS) is 19.4. The second-order valence-electron chi connectivity index (χ2n) is 4.94. The third kappa shape index (κ3) is 3.81. The number of piperidine rings is 1. The van der Waals surface area contributed by atoms with E-state index in [1.165, 1.54) is 0 Å². The number of carboxylic acids is 1. The molecule has 1 aliphatic heterocycles. The molecule has 0 radical (unpaired) electrons.